The SMILES string of the molecule is O=[N+]([O-])c1c(Cl)ncnc1OC1CCOC1. The lowest BCUT2D eigenvalue weighted by molar-refractivity contribution is -0.386. The van der Waals surface area contributed by atoms with Gasteiger partial charge in [0.2, 0.25) is 5.15 Å². The maximum absolute atomic E-state index is 10.7. The number of nitrogens with zero attached hydrogens (tertiary/aromatic N) is 3. The summed E-state index contributed by atoms with van der Waals surface area (Å²) in [6.07, 6.45) is 1.59. The van der Waals surface area contributed by atoms with Crippen LogP contribution in [0.2, 0.25) is 5.15 Å². The van der Waals surface area contributed by atoms with Crippen LogP contribution in [0.15, 0.2) is 6.33 Å². The van der Waals surface area contributed by atoms with Crippen LogP contribution in [0.5, 0.6) is 5.88 Å². The molecule has 16 heavy (non-hydrogen) atoms. The van der Waals surface area contributed by atoms with Crippen molar-refractivity contribution in [1.82, 2.24) is 9.97 Å². The predicted molar refractivity (Wildman–Crippen MR) is 53.5 cm³/mol. The summed E-state index contributed by atoms with van der Waals surface area (Å²) >= 11 is 5.61. The minimum absolute atomic E-state index is 0.111. The zero-order chi connectivity index (χ0) is 11.5. The molecule has 1 aliphatic rings. The van der Waals surface area contributed by atoms with Crippen molar-refractivity contribution >= 4 is 17.3 Å². The Morgan fingerprint density at radius 2 is 2.44 bits per heavy atom. The number of halogens is 1. The van der Waals surface area contributed by atoms with Crippen LogP contribution < -0.4 is 4.74 Å². The molecule has 1 aromatic rings. The van der Waals surface area contributed by atoms with Gasteiger partial charge in [0.05, 0.1) is 18.1 Å². The molecule has 1 aliphatic heterocycles. The van der Waals surface area contributed by atoms with Gasteiger partial charge in [-0.1, -0.05) is 11.6 Å². The lowest BCUT2D eigenvalue weighted by atomic mass is 10.3. The lowest BCUT2D eigenvalue weighted by Gasteiger charge is -2.10. The van der Waals surface area contributed by atoms with Gasteiger partial charge in [0.15, 0.2) is 0 Å². The third kappa shape index (κ3) is 2.20. The molecule has 8 heteroatoms. The Hall–Kier alpha value is -1.47. The first kappa shape index (κ1) is 11.0. The van der Waals surface area contributed by atoms with Crippen LogP contribution in [-0.2, 0) is 4.74 Å². The first-order valence-corrected chi connectivity index (χ1v) is 4.95. The molecule has 0 saturated carbocycles. The van der Waals surface area contributed by atoms with Gasteiger partial charge in [0.25, 0.3) is 5.88 Å². The van der Waals surface area contributed by atoms with Crippen LogP contribution in [0.1, 0.15) is 6.42 Å². The Morgan fingerprint density at radius 3 is 3.06 bits per heavy atom. The minimum atomic E-state index is -0.659. The number of hydrogen-bond donors (Lipinski definition) is 0. The van der Waals surface area contributed by atoms with Gasteiger partial charge in [0.1, 0.15) is 12.4 Å². The van der Waals surface area contributed by atoms with Gasteiger partial charge in [0, 0.05) is 6.42 Å². The van der Waals surface area contributed by atoms with Gasteiger partial charge in [-0.15, -0.1) is 0 Å². The Kier molecular flexibility index (Phi) is 3.16. The molecule has 0 spiro atoms. The highest BCUT2D eigenvalue weighted by Crippen LogP contribution is 2.31. The van der Waals surface area contributed by atoms with Crippen molar-refractivity contribution in [1.29, 1.82) is 0 Å². The fraction of sp³-hybridized carbons (Fsp3) is 0.500. The second-order valence-electron chi connectivity index (χ2n) is 3.18. The minimum Gasteiger partial charge on any atom is -0.467 e. The van der Waals surface area contributed by atoms with Crippen LogP contribution in [0.4, 0.5) is 5.69 Å². The number of nitro groups is 1. The topological polar surface area (TPSA) is 87.4 Å². The maximum atomic E-state index is 10.7. The van der Waals surface area contributed by atoms with E-state index in [2.05, 4.69) is 9.97 Å². The molecule has 1 saturated heterocycles. The molecule has 1 fully saturated rings. The molecule has 1 unspecified atom stereocenters. The summed E-state index contributed by atoms with van der Waals surface area (Å²) in [4.78, 5) is 17.3. The van der Waals surface area contributed by atoms with Crippen molar-refractivity contribution in [3.63, 3.8) is 0 Å². The van der Waals surface area contributed by atoms with E-state index in [1.54, 1.807) is 0 Å². The van der Waals surface area contributed by atoms with Crippen LogP contribution in [0.3, 0.4) is 0 Å². The molecule has 2 heterocycles. The smallest absolute Gasteiger partial charge is 0.367 e. The molecule has 1 atom stereocenters. The summed E-state index contributed by atoms with van der Waals surface area (Å²) in [5, 5.41) is 10.5. The molecule has 7 nitrogen and oxygen atoms in total. The Labute approximate surface area is 95.5 Å². The zero-order valence-corrected chi connectivity index (χ0v) is 8.88. The van der Waals surface area contributed by atoms with Crippen LogP contribution in [0, 0.1) is 10.1 Å². The fourth-order valence-corrected chi connectivity index (χ4v) is 1.54. The monoisotopic (exact) mass is 245 g/mol. The molecule has 0 aliphatic carbocycles. The van der Waals surface area contributed by atoms with Crippen molar-refractivity contribution in [2.45, 2.75) is 12.5 Å². The van der Waals surface area contributed by atoms with Crippen molar-refractivity contribution in [2.24, 2.45) is 0 Å². The van der Waals surface area contributed by atoms with Gasteiger partial charge in [-0.25, -0.2) is 4.98 Å². The second-order valence-corrected chi connectivity index (χ2v) is 3.54. The molecule has 0 N–H and O–H groups in total. The van der Waals surface area contributed by atoms with Gasteiger partial charge < -0.3 is 9.47 Å². The van der Waals surface area contributed by atoms with E-state index < -0.39 is 10.6 Å². The standard InChI is InChI=1S/C8H8ClN3O4/c9-7-6(12(13)14)8(11-4-10-7)16-5-1-2-15-3-5/h4-5H,1-3H2. The highest BCUT2D eigenvalue weighted by atomic mass is 35.5. The highest BCUT2D eigenvalue weighted by Gasteiger charge is 2.27. The van der Waals surface area contributed by atoms with Crippen molar-refractivity contribution < 1.29 is 14.4 Å². The van der Waals surface area contributed by atoms with Gasteiger partial charge in [-0.3, -0.25) is 10.1 Å². The molecule has 0 bridgehead atoms. The highest BCUT2D eigenvalue weighted by molar-refractivity contribution is 6.31. The fourth-order valence-electron chi connectivity index (χ4n) is 1.35. The molecular formula is C8H8ClN3O4. The van der Waals surface area contributed by atoms with E-state index in [1.165, 1.54) is 0 Å². The van der Waals surface area contributed by atoms with Crippen LogP contribution in [-0.4, -0.2) is 34.2 Å². The summed E-state index contributed by atoms with van der Waals surface area (Å²) in [6, 6.07) is 0. The van der Waals surface area contributed by atoms with E-state index >= 15 is 0 Å². The molecule has 86 valence electrons. The molecule has 0 amide bonds. The predicted octanol–water partition coefficient (Wildman–Crippen LogP) is 1.21. The van der Waals surface area contributed by atoms with Crippen molar-refractivity contribution in [3.8, 4) is 5.88 Å². The van der Waals surface area contributed by atoms with Crippen molar-refractivity contribution in [3.05, 3.63) is 21.6 Å². The van der Waals surface area contributed by atoms with E-state index in [1.807, 2.05) is 0 Å². The first-order chi connectivity index (χ1) is 7.68. The van der Waals surface area contributed by atoms with E-state index in [9.17, 15) is 10.1 Å². The summed E-state index contributed by atoms with van der Waals surface area (Å²) in [5.74, 6) is -0.111. The molecular weight excluding hydrogens is 238 g/mol. The average Bonchev–Trinajstić information content (AvgIpc) is 2.70. The van der Waals surface area contributed by atoms with Crippen LogP contribution in [0.25, 0.3) is 0 Å². The number of rotatable bonds is 3. The van der Waals surface area contributed by atoms with Gasteiger partial charge in [-0.2, -0.15) is 4.98 Å². The quantitative estimate of drug-likeness (QED) is 0.452. The third-order valence-corrected chi connectivity index (χ3v) is 2.37. The largest absolute Gasteiger partial charge is 0.467 e. The summed E-state index contributed by atoms with van der Waals surface area (Å²) in [6.45, 7) is 0.982. The number of aromatic nitrogens is 2. The van der Waals surface area contributed by atoms with E-state index in [0.29, 0.717) is 19.6 Å². The Morgan fingerprint density at radius 1 is 1.62 bits per heavy atom. The first-order valence-electron chi connectivity index (χ1n) is 4.58. The summed E-state index contributed by atoms with van der Waals surface area (Å²) in [5.41, 5.74) is -0.406. The number of hydrogen-bond acceptors (Lipinski definition) is 6. The van der Waals surface area contributed by atoms with E-state index in [-0.39, 0.29) is 17.1 Å². The maximum Gasteiger partial charge on any atom is 0.367 e. The van der Waals surface area contributed by atoms with Gasteiger partial charge in [-0.05, 0) is 0 Å². The number of ether oxygens (including phenoxy) is 2. The Balaban J connectivity index is 2.25. The van der Waals surface area contributed by atoms with E-state index in [0.717, 1.165) is 6.33 Å². The molecule has 0 aromatic carbocycles. The molecule has 0 radical (unpaired) electrons. The van der Waals surface area contributed by atoms with E-state index in [4.69, 9.17) is 21.1 Å². The summed E-state index contributed by atoms with van der Waals surface area (Å²) < 4.78 is 10.4. The van der Waals surface area contributed by atoms with Crippen LogP contribution >= 0.6 is 11.6 Å². The van der Waals surface area contributed by atoms with Crippen molar-refractivity contribution in [2.75, 3.05) is 13.2 Å². The normalized spacial score (nSPS) is 19.7. The summed E-state index contributed by atoms with van der Waals surface area (Å²) in [7, 11) is 0. The van der Waals surface area contributed by atoms with Gasteiger partial charge >= 0.3 is 5.69 Å². The zero-order valence-electron chi connectivity index (χ0n) is 8.13. The molecule has 1 aromatic heterocycles. The second kappa shape index (κ2) is 4.58. The lowest BCUT2D eigenvalue weighted by Crippen LogP contribution is -2.17. The Bertz CT molecular complexity index is 408. The third-order valence-electron chi connectivity index (χ3n) is 2.09. The molecule has 2 rings (SSSR count). The average molecular weight is 246 g/mol.